The fraction of sp³-hybridized carbons (Fsp3) is 0.222. The highest BCUT2D eigenvalue weighted by Crippen LogP contribution is 2.06. The van der Waals surface area contributed by atoms with Crippen molar-refractivity contribution in [2.45, 2.75) is 13.5 Å². The topological polar surface area (TPSA) is 110 Å². The number of nitrogens with two attached hydrogens (primary N) is 1. The van der Waals surface area contributed by atoms with Crippen molar-refractivity contribution in [3.8, 4) is 0 Å². The van der Waals surface area contributed by atoms with Gasteiger partial charge in [0.25, 0.3) is 5.91 Å². The van der Waals surface area contributed by atoms with E-state index in [2.05, 4.69) is 20.5 Å². The summed E-state index contributed by atoms with van der Waals surface area (Å²) in [6, 6.07) is 0. The van der Waals surface area contributed by atoms with E-state index in [1.54, 1.807) is 13.1 Å². The number of nitrogens with zero attached hydrogens (tertiary/aromatic N) is 2. The second-order valence-electron chi connectivity index (χ2n) is 3.24. The molecule has 2 aromatic rings. The van der Waals surface area contributed by atoms with Crippen LogP contribution in [0.1, 0.15) is 22.0 Å². The normalized spacial score (nSPS) is 10.3. The third-order valence-electron chi connectivity index (χ3n) is 1.98. The van der Waals surface area contributed by atoms with Crippen LogP contribution in [0.15, 0.2) is 16.8 Å². The molecule has 0 atom stereocenters. The molecule has 1 amide bonds. The van der Waals surface area contributed by atoms with E-state index in [1.807, 2.05) is 0 Å². The first-order chi connectivity index (χ1) is 7.66. The predicted molar refractivity (Wildman–Crippen MR) is 55.4 cm³/mol. The van der Waals surface area contributed by atoms with Crippen molar-refractivity contribution < 1.29 is 9.21 Å². The van der Waals surface area contributed by atoms with E-state index < -0.39 is 0 Å². The Bertz CT molecular complexity index is 501. The first kappa shape index (κ1) is 10.2. The Hall–Kier alpha value is -2.31. The smallest absolute Gasteiger partial charge is 0.257 e. The number of hydrogen-bond donors (Lipinski definition) is 3. The molecule has 4 N–H and O–H groups in total. The number of amides is 1. The molecule has 0 aliphatic heterocycles. The molecule has 2 rings (SSSR count). The molecule has 84 valence electrons. The summed E-state index contributed by atoms with van der Waals surface area (Å²) in [6.45, 7) is 2.00. The monoisotopic (exact) mass is 221 g/mol. The van der Waals surface area contributed by atoms with Gasteiger partial charge in [-0.2, -0.15) is 5.10 Å². The lowest BCUT2D eigenvalue weighted by Gasteiger charge is -2.00. The maximum atomic E-state index is 11.6. The minimum absolute atomic E-state index is 0.220. The number of nitrogens with one attached hydrogen (secondary N) is 2. The summed E-state index contributed by atoms with van der Waals surface area (Å²) >= 11 is 0. The minimum Gasteiger partial charge on any atom is -0.444 e. The number of aromatic nitrogens is 3. The molecule has 0 bridgehead atoms. The molecular formula is C9H11N5O2. The number of H-pyrrole nitrogens is 1. The highest BCUT2D eigenvalue weighted by atomic mass is 16.4. The SMILES string of the molecule is Cc1cnc(CNC(=O)c2cn[nH]c2N)o1. The van der Waals surface area contributed by atoms with Crippen LogP contribution in [0.5, 0.6) is 0 Å². The first-order valence-corrected chi connectivity index (χ1v) is 4.65. The van der Waals surface area contributed by atoms with Crippen molar-refractivity contribution in [1.29, 1.82) is 0 Å². The van der Waals surface area contributed by atoms with Gasteiger partial charge < -0.3 is 15.5 Å². The fourth-order valence-electron chi connectivity index (χ4n) is 1.21. The van der Waals surface area contributed by atoms with Crippen molar-refractivity contribution in [2.24, 2.45) is 0 Å². The van der Waals surface area contributed by atoms with Gasteiger partial charge in [-0.05, 0) is 6.92 Å². The highest BCUT2D eigenvalue weighted by molar-refractivity contribution is 5.97. The first-order valence-electron chi connectivity index (χ1n) is 4.65. The Balaban J connectivity index is 1.96. The van der Waals surface area contributed by atoms with E-state index >= 15 is 0 Å². The summed E-state index contributed by atoms with van der Waals surface area (Å²) in [6.07, 6.45) is 2.96. The van der Waals surface area contributed by atoms with Gasteiger partial charge in [-0.1, -0.05) is 0 Å². The van der Waals surface area contributed by atoms with Crippen LogP contribution in [0.4, 0.5) is 5.82 Å². The Morgan fingerprint density at radius 3 is 3.00 bits per heavy atom. The molecule has 0 aromatic carbocycles. The quantitative estimate of drug-likeness (QED) is 0.686. The molecule has 16 heavy (non-hydrogen) atoms. The zero-order chi connectivity index (χ0) is 11.5. The van der Waals surface area contributed by atoms with Gasteiger partial charge in [0.1, 0.15) is 17.1 Å². The number of oxazole rings is 1. The van der Waals surface area contributed by atoms with Gasteiger partial charge >= 0.3 is 0 Å². The summed E-state index contributed by atoms with van der Waals surface area (Å²) in [4.78, 5) is 15.5. The molecule has 0 saturated carbocycles. The fourth-order valence-corrected chi connectivity index (χ4v) is 1.21. The Morgan fingerprint density at radius 2 is 2.44 bits per heavy atom. The molecular weight excluding hydrogens is 210 g/mol. The molecule has 0 spiro atoms. The lowest BCUT2D eigenvalue weighted by atomic mass is 10.3. The lowest BCUT2D eigenvalue weighted by molar-refractivity contribution is 0.0948. The maximum absolute atomic E-state index is 11.6. The van der Waals surface area contributed by atoms with E-state index in [9.17, 15) is 4.79 Å². The van der Waals surface area contributed by atoms with Gasteiger partial charge in [0.05, 0.1) is 18.9 Å². The van der Waals surface area contributed by atoms with Gasteiger partial charge in [0, 0.05) is 0 Å². The minimum atomic E-state index is -0.317. The number of anilines is 1. The molecule has 2 heterocycles. The second-order valence-corrected chi connectivity index (χ2v) is 3.24. The third-order valence-corrected chi connectivity index (χ3v) is 1.98. The van der Waals surface area contributed by atoms with E-state index in [1.165, 1.54) is 6.20 Å². The lowest BCUT2D eigenvalue weighted by Crippen LogP contribution is -2.23. The zero-order valence-electron chi connectivity index (χ0n) is 8.65. The van der Waals surface area contributed by atoms with Crippen molar-refractivity contribution in [3.05, 3.63) is 29.6 Å². The Kier molecular flexibility index (Phi) is 2.59. The average molecular weight is 221 g/mol. The van der Waals surface area contributed by atoms with E-state index in [4.69, 9.17) is 10.2 Å². The van der Waals surface area contributed by atoms with Crippen LogP contribution in [0.25, 0.3) is 0 Å². The molecule has 0 unspecified atom stereocenters. The molecule has 0 aliphatic rings. The Morgan fingerprint density at radius 1 is 1.62 bits per heavy atom. The molecule has 2 aromatic heterocycles. The summed E-state index contributed by atoms with van der Waals surface area (Å²) < 4.78 is 5.20. The maximum Gasteiger partial charge on any atom is 0.257 e. The van der Waals surface area contributed by atoms with Crippen LogP contribution in [-0.4, -0.2) is 21.1 Å². The second kappa shape index (κ2) is 4.05. The number of hydrogen-bond acceptors (Lipinski definition) is 5. The van der Waals surface area contributed by atoms with Crippen molar-refractivity contribution in [2.75, 3.05) is 5.73 Å². The van der Waals surface area contributed by atoms with Crippen LogP contribution in [0.3, 0.4) is 0 Å². The van der Waals surface area contributed by atoms with Crippen molar-refractivity contribution in [1.82, 2.24) is 20.5 Å². The highest BCUT2D eigenvalue weighted by Gasteiger charge is 2.11. The van der Waals surface area contributed by atoms with Gasteiger partial charge in [0.2, 0.25) is 5.89 Å². The van der Waals surface area contributed by atoms with E-state index in [0.29, 0.717) is 17.2 Å². The van der Waals surface area contributed by atoms with Crippen LogP contribution in [0, 0.1) is 6.92 Å². The van der Waals surface area contributed by atoms with E-state index in [-0.39, 0.29) is 18.3 Å². The number of carbonyl (C=O) groups is 1. The standard InChI is InChI=1S/C9H11N5O2/c1-5-2-11-7(16-5)4-12-9(15)6-3-13-14-8(6)10/h2-3H,4H2,1H3,(H,12,15)(H3,10,13,14). The molecule has 0 radical (unpaired) electrons. The van der Waals surface area contributed by atoms with Crippen LogP contribution >= 0.6 is 0 Å². The summed E-state index contributed by atoms with van der Waals surface area (Å²) in [5.41, 5.74) is 5.81. The molecule has 7 heteroatoms. The molecule has 0 aliphatic carbocycles. The number of aryl methyl sites for hydroxylation is 1. The third kappa shape index (κ3) is 2.02. The van der Waals surface area contributed by atoms with Crippen LogP contribution in [0.2, 0.25) is 0 Å². The Labute approximate surface area is 91.0 Å². The van der Waals surface area contributed by atoms with Crippen LogP contribution < -0.4 is 11.1 Å². The number of carbonyl (C=O) groups excluding carboxylic acids is 1. The van der Waals surface area contributed by atoms with Crippen molar-refractivity contribution >= 4 is 11.7 Å². The largest absolute Gasteiger partial charge is 0.444 e. The van der Waals surface area contributed by atoms with Crippen LogP contribution in [-0.2, 0) is 6.54 Å². The molecule has 0 fully saturated rings. The zero-order valence-corrected chi connectivity index (χ0v) is 8.65. The van der Waals surface area contributed by atoms with Gasteiger partial charge in [-0.3, -0.25) is 9.89 Å². The average Bonchev–Trinajstić information content (AvgIpc) is 2.84. The summed E-state index contributed by atoms with van der Waals surface area (Å²) in [7, 11) is 0. The number of rotatable bonds is 3. The van der Waals surface area contributed by atoms with Gasteiger partial charge in [0.15, 0.2) is 0 Å². The van der Waals surface area contributed by atoms with E-state index in [0.717, 1.165) is 0 Å². The number of aromatic amines is 1. The summed E-state index contributed by atoms with van der Waals surface area (Å²) in [5.74, 6) is 1.07. The molecule has 7 nitrogen and oxygen atoms in total. The van der Waals surface area contributed by atoms with Gasteiger partial charge in [-0.15, -0.1) is 0 Å². The number of nitrogen functional groups attached to an aromatic ring is 1. The predicted octanol–water partition coefficient (Wildman–Crippen LogP) is 0.218. The van der Waals surface area contributed by atoms with Crippen molar-refractivity contribution in [3.63, 3.8) is 0 Å². The van der Waals surface area contributed by atoms with Gasteiger partial charge in [-0.25, -0.2) is 4.98 Å². The summed E-state index contributed by atoms with van der Waals surface area (Å²) in [5, 5.41) is 8.75. The molecule has 0 saturated heterocycles.